The summed E-state index contributed by atoms with van der Waals surface area (Å²) < 4.78 is 1.21. The number of nitro groups is 1. The Morgan fingerprint density at radius 2 is 1.77 bits per heavy atom. The first kappa shape index (κ1) is 17.5. The third-order valence-corrected chi connectivity index (χ3v) is 8.37. The van der Waals surface area contributed by atoms with Crippen molar-refractivity contribution in [3.63, 3.8) is 0 Å². The van der Waals surface area contributed by atoms with Gasteiger partial charge in [-0.2, -0.15) is 0 Å². The van der Waals surface area contributed by atoms with Crippen LogP contribution in [-0.4, -0.2) is 23.3 Å². The third-order valence-electron chi connectivity index (χ3n) is 4.26. The molecule has 0 bridgehead atoms. The van der Waals surface area contributed by atoms with Crippen LogP contribution in [0.25, 0.3) is 5.57 Å². The Kier molecular flexibility index (Phi) is 6.07. The number of hydrogen-bond donors (Lipinski definition) is 0. The summed E-state index contributed by atoms with van der Waals surface area (Å²) in [5, 5.41) is 10.8. The Morgan fingerprint density at radius 3 is 2.27 bits per heavy atom. The number of allylic oxidation sites excluding steroid dienone is 2. The van der Waals surface area contributed by atoms with E-state index in [9.17, 15) is 10.1 Å². The summed E-state index contributed by atoms with van der Waals surface area (Å²) in [6.07, 6.45) is 9.14. The van der Waals surface area contributed by atoms with Gasteiger partial charge in [0.15, 0.2) is 0 Å². The van der Waals surface area contributed by atoms with Crippen LogP contribution in [0, 0.1) is 16.0 Å². The molecule has 2 rings (SSSR count). The predicted molar refractivity (Wildman–Crippen MR) is 95.8 cm³/mol. The normalized spacial score (nSPS) is 17.5. The topological polar surface area (TPSA) is 43.1 Å². The van der Waals surface area contributed by atoms with Gasteiger partial charge in [-0.05, 0) is 0 Å². The van der Waals surface area contributed by atoms with E-state index in [2.05, 4.69) is 20.9 Å². The van der Waals surface area contributed by atoms with Crippen molar-refractivity contribution in [3.8, 4) is 0 Å². The van der Waals surface area contributed by atoms with E-state index in [4.69, 9.17) is 0 Å². The maximum atomic E-state index is 10.8. The molecule has 3 nitrogen and oxygen atoms in total. The van der Waals surface area contributed by atoms with Gasteiger partial charge < -0.3 is 0 Å². The van der Waals surface area contributed by atoms with Crippen LogP contribution in [0.2, 0.25) is 19.3 Å². The van der Waals surface area contributed by atoms with E-state index in [1.807, 2.05) is 12.1 Å². The summed E-state index contributed by atoms with van der Waals surface area (Å²) >= 11 is -1.96. The van der Waals surface area contributed by atoms with Crippen molar-refractivity contribution < 1.29 is 4.92 Å². The first-order valence-electron chi connectivity index (χ1n) is 8.31. The Bertz CT molecular complexity index is 537. The van der Waals surface area contributed by atoms with Crippen molar-refractivity contribution in [1.29, 1.82) is 0 Å². The molecule has 22 heavy (non-hydrogen) atoms. The number of benzene rings is 1. The molecule has 1 aromatic carbocycles. The number of nitro benzene ring substituents is 1. The van der Waals surface area contributed by atoms with Gasteiger partial charge in [0.25, 0.3) is 0 Å². The van der Waals surface area contributed by atoms with Crippen molar-refractivity contribution in [2.24, 2.45) is 5.92 Å². The fraction of sp³-hybridized carbons (Fsp3) is 0.556. The summed E-state index contributed by atoms with van der Waals surface area (Å²) in [5.41, 5.74) is 2.80. The number of hydrogen-bond acceptors (Lipinski definition) is 2. The molecule has 0 saturated heterocycles. The summed E-state index contributed by atoms with van der Waals surface area (Å²) in [6.45, 7) is 0. The van der Waals surface area contributed by atoms with Crippen LogP contribution in [0.1, 0.15) is 37.7 Å². The van der Waals surface area contributed by atoms with E-state index in [0.717, 1.165) is 0 Å². The molecule has 4 heteroatoms. The van der Waals surface area contributed by atoms with Gasteiger partial charge >= 0.3 is 138 Å². The van der Waals surface area contributed by atoms with Crippen molar-refractivity contribution in [3.05, 3.63) is 46.0 Å². The van der Waals surface area contributed by atoms with Crippen LogP contribution in [0.15, 0.2) is 30.3 Å². The molecule has 0 atom stereocenters. The first-order valence-corrected chi connectivity index (χ1v) is 18.9. The van der Waals surface area contributed by atoms with E-state index >= 15 is 0 Å². The second kappa shape index (κ2) is 7.62. The predicted octanol–water partition coefficient (Wildman–Crippen LogP) is 5.90. The number of rotatable bonds is 5. The Morgan fingerprint density at radius 1 is 1.18 bits per heavy atom. The zero-order chi connectivity index (χ0) is 16.2. The van der Waals surface area contributed by atoms with Gasteiger partial charge in [-0.1, -0.05) is 0 Å². The summed E-state index contributed by atoms with van der Waals surface area (Å²) in [6, 6.07) is 7.15. The molecule has 0 spiro atoms. The van der Waals surface area contributed by atoms with Crippen LogP contribution in [0.5, 0.6) is 0 Å². The molecular weight excluding hydrogens is 381 g/mol. The fourth-order valence-corrected chi connectivity index (χ4v) is 7.39. The van der Waals surface area contributed by atoms with Crippen LogP contribution in [0.3, 0.4) is 0 Å². The van der Waals surface area contributed by atoms with Gasteiger partial charge in [0, 0.05) is 0 Å². The molecule has 0 aromatic heterocycles. The molecule has 120 valence electrons. The van der Waals surface area contributed by atoms with Crippen LogP contribution >= 0.6 is 0 Å². The standard InChI is InChI=1S/C15H18NO2.3CH3.Sn/c1-12(11-13-5-3-2-4-6-13)14-7-9-15(10-8-14)16(17)18;;;;/h7-11,13H,1-6H2;3*1H3;/b12-11+;;;;. The average Bonchev–Trinajstić information content (AvgIpc) is 2.46. The van der Waals surface area contributed by atoms with Crippen LogP contribution in [0.4, 0.5) is 5.69 Å². The number of nitrogens with zero attached hydrogens (tertiary/aromatic N) is 1. The second-order valence-corrected chi connectivity index (χ2v) is 23.3. The van der Waals surface area contributed by atoms with E-state index in [1.165, 1.54) is 47.7 Å². The molecule has 0 aliphatic heterocycles. The summed E-state index contributed by atoms with van der Waals surface area (Å²) in [7, 11) is 0. The zero-order valence-electron chi connectivity index (χ0n) is 14.0. The van der Waals surface area contributed by atoms with Gasteiger partial charge in [0.05, 0.1) is 0 Å². The molecule has 1 aliphatic carbocycles. The molecule has 0 radical (unpaired) electrons. The van der Waals surface area contributed by atoms with Gasteiger partial charge in [-0.15, -0.1) is 0 Å². The monoisotopic (exact) mass is 409 g/mol. The van der Waals surface area contributed by atoms with E-state index in [1.54, 1.807) is 12.1 Å². The molecular formula is C18H27NO2Sn. The molecule has 1 saturated carbocycles. The molecule has 0 heterocycles. The van der Waals surface area contributed by atoms with Gasteiger partial charge in [0.1, 0.15) is 0 Å². The average molecular weight is 408 g/mol. The van der Waals surface area contributed by atoms with E-state index in [0.29, 0.717) is 5.92 Å². The molecule has 0 N–H and O–H groups in total. The second-order valence-electron chi connectivity index (χ2n) is 7.63. The van der Waals surface area contributed by atoms with Crippen molar-refractivity contribution in [2.45, 2.75) is 51.4 Å². The third kappa shape index (κ3) is 5.41. The quantitative estimate of drug-likeness (QED) is 0.346. The summed E-state index contributed by atoms with van der Waals surface area (Å²) in [4.78, 5) is 17.9. The van der Waals surface area contributed by atoms with Crippen LogP contribution in [-0.2, 0) is 0 Å². The van der Waals surface area contributed by atoms with Crippen molar-refractivity contribution >= 4 is 29.6 Å². The van der Waals surface area contributed by atoms with E-state index in [-0.39, 0.29) is 10.6 Å². The maximum absolute atomic E-state index is 10.8. The summed E-state index contributed by atoms with van der Waals surface area (Å²) in [5.74, 6) is 0.701. The first-order chi connectivity index (χ1) is 10.3. The molecule has 0 unspecified atom stereocenters. The molecule has 1 aliphatic rings. The number of non-ortho nitro benzene ring substituents is 1. The minimum absolute atomic E-state index is 0.181. The fourth-order valence-electron chi connectivity index (χ4n) is 3.21. The van der Waals surface area contributed by atoms with Crippen molar-refractivity contribution in [2.75, 3.05) is 0 Å². The molecule has 1 fully saturated rings. The SMILES string of the molecule is [CH3][Sn]([CH3])([CH3])[CH2]/C(=C\C1CCCCC1)c1ccc([N+](=O)[O-])cc1. The molecule has 0 amide bonds. The van der Waals surface area contributed by atoms with Gasteiger partial charge in [-0.25, -0.2) is 0 Å². The Hall–Kier alpha value is -0.841. The van der Waals surface area contributed by atoms with E-state index < -0.39 is 18.4 Å². The van der Waals surface area contributed by atoms with Gasteiger partial charge in [0.2, 0.25) is 0 Å². The van der Waals surface area contributed by atoms with Crippen LogP contribution < -0.4 is 0 Å². The Labute approximate surface area is 137 Å². The Balaban J connectivity index is 2.26. The zero-order valence-corrected chi connectivity index (χ0v) is 16.8. The minimum atomic E-state index is -1.96. The van der Waals surface area contributed by atoms with Gasteiger partial charge in [-0.3, -0.25) is 0 Å². The van der Waals surface area contributed by atoms with Crippen molar-refractivity contribution in [1.82, 2.24) is 0 Å². The molecule has 1 aromatic rings.